The molecule has 2 aromatic rings. The molecule has 0 aliphatic carbocycles. The number of nitrogens with zero attached hydrogens (tertiary/aromatic N) is 6. The molecule has 2 aliphatic heterocycles. The van der Waals surface area contributed by atoms with Crippen LogP contribution in [0.25, 0.3) is 11.5 Å². The average Bonchev–Trinajstić information content (AvgIpc) is 3.31. The largest absolute Gasteiger partial charge is 0.383 e. The number of anilines is 1. The fourth-order valence-corrected chi connectivity index (χ4v) is 3.82. The summed E-state index contributed by atoms with van der Waals surface area (Å²) in [5, 5.41) is 13.3. The molecule has 2 aliphatic rings. The maximum atomic E-state index is 5.72. The van der Waals surface area contributed by atoms with Gasteiger partial charge < -0.3 is 14.4 Å². The molecule has 8 heteroatoms. The van der Waals surface area contributed by atoms with Gasteiger partial charge in [0.05, 0.1) is 32.4 Å². The number of ether oxygens (including phenoxy) is 2. The standard InChI is InChI=1S/C16H24N6O2/c1-20-13(5-6-17-20)15-18-19-16(22(15)8-9-23-2)21-7-3-4-12-10-24-11-14(12)21/h5-6,12,14H,3-4,7-11H2,1-2H3/t12-,14+/m1/s1. The van der Waals surface area contributed by atoms with Crippen LogP contribution in [-0.2, 0) is 23.1 Å². The molecule has 4 heterocycles. The summed E-state index contributed by atoms with van der Waals surface area (Å²) in [5.41, 5.74) is 0.959. The van der Waals surface area contributed by atoms with Gasteiger partial charge in [-0.2, -0.15) is 5.10 Å². The van der Waals surface area contributed by atoms with Crippen LogP contribution in [0.1, 0.15) is 12.8 Å². The molecule has 2 saturated heterocycles. The van der Waals surface area contributed by atoms with E-state index in [1.165, 1.54) is 12.8 Å². The Morgan fingerprint density at radius 1 is 1.33 bits per heavy atom. The van der Waals surface area contributed by atoms with Crippen molar-refractivity contribution in [3.63, 3.8) is 0 Å². The number of methoxy groups -OCH3 is 1. The minimum atomic E-state index is 0.406. The highest BCUT2D eigenvalue weighted by Crippen LogP contribution is 2.33. The van der Waals surface area contributed by atoms with Gasteiger partial charge >= 0.3 is 0 Å². The number of fused-ring (bicyclic) bond motifs is 1. The monoisotopic (exact) mass is 332 g/mol. The second-order valence-corrected chi connectivity index (χ2v) is 6.51. The van der Waals surface area contributed by atoms with Crippen LogP contribution in [0, 0.1) is 5.92 Å². The van der Waals surface area contributed by atoms with Crippen LogP contribution in [0.2, 0.25) is 0 Å². The molecule has 8 nitrogen and oxygen atoms in total. The van der Waals surface area contributed by atoms with Crippen molar-refractivity contribution in [1.29, 1.82) is 0 Å². The molecule has 0 aromatic carbocycles. The first-order chi connectivity index (χ1) is 11.8. The number of aryl methyl sites for hydroxylation is 1. The summed E-state index contributed by atoms with van der Waals surface area (Å²) < 4.78 is 15.0. The molecular formula is C16H24N6O2. The fraction of sp³-hybridized carbons (Fsp3) is 0.688. The summed E-state index contributed by atoms with van der Waals surface area (Å²) in [6.07, 6.45) is 4.19. The summed E-state index contributed by atoms with van der Waals surface area (Å²) in [6.45, 7) is 3.98. The van der Waals surface area contributed by atoms with Gasteiger partial charge in [0.15, 0.2) is 5.82 Å². The Hall–Kier alpha value is -1.93. The molecule has 24 heavy (non-hydrogen) atoms. The molecule has 4 rings (SSSR count). The maximum Gasteiger partial charge on any atom is 0.227 e. The predicted octanol–water partition coefficient (Wildman–Crippen LogP) is 0.940. The van der Waals surface area contributed by atoms with E-state index in [0.29, 0.717) is 25.1 Å². The number of aromatic nitrogens is 5. The Morgan fingerprint density at radius 2 is 2.25 bits per heavy atom. The van der Waals surface area contributed by atoms with E-state index in [2.05, 4.69) is 24.8 Å². The second-order valence-electron chi connectivity index (χ2n) is 6.51. The first kappa shape index (κ1) is 15.6. The van der Waals surface area contributed by atoms with Gasteiger partial charge in [-0.1, -0.05) is 0 Å². The van der Waals surface area contributed by atoms with Crippen molar-refractivity contribution in [2.75, 3.05) is 38.4 Å². The Labute approximate surface area is 141 Å². The van der Waals surface area contributed by atoms with Crippen molar-refractivity contribution in [1.82, 2.24) is 24.5 Å². The molecule has 2 aromatic heterocycles. The Bertz CT molecular complexity index is 697. The molecule has 0 unspecified atom stereocenters. The Kier molecular flexibility index (Phi) is 4.24. The lowest BCUT2D eigenvalue weighted by atomic mass is 9.92. The van der Waals surface area contributed by atoms with Gasteiger partial charge in [-0.05, 0) is 18.9 Å². The van der Waals surface area contributed by atoms with Crippen LogP contribution in [0.4, 0.5) is 5.95 Å². The van der Waals surface area contributed by atoms with Crippen LogP contribution in [0.3, 0.4) is 0 Å². The molecular weight excluding hydrogens is 308 g/mol. The van der Waals surface area contributed by atoms with Crippen molar-refractivity contribution in [3.05, 3.63) is 12.3 Å². The summed E-state index contributed by atoms with van der Waals surface area (Å²) in [4.78, 5) is 2.38. The molecule has 0 bridgehead atoms. The van der Waals surface area contributed by atoms with Crippen molar-refractivity contribution in [3.8, 4) is 11.5 Å². The van der Waals surface area contributed by atoms with Gasteiger partial charge in [0.1, 0.15) is 5.69 Å². The summed E-state index contributed by atoms with van der Waals surface area (Å²) >= 11 is 0. The van der Waals surface area contributed by atoms with E-state index in [0.717, 1.165) is 37.2 Å². The topological polar surface area (TPSA) is 70.2 Å². The van der Waals surface area contributed by atoms with E-state index >= 15 is 0 Å². The van der Waals surface area contributed by atoms with E-state index in [4.69, 9.17) is 9.47 Å². The van der Waals surface area contributed by atoms with Crippen LogP contribution in [0.5, 0.6) is 0 Å². The van der Waals surface area contributed by atoms with E-state index in [1.54, 1.807) is 13.3 Å². The lowest BCUT2D eigenvalue weighted by Crippen LogP contribution is -2.46. The third-order valence-electron chi connectivity index (χ3n) is 5.10. The first-order valence-electron chi connectivity index (χ1n) is 8.54. The number of hydrogen-bond acceptors (Lipinski definition) is 6. The highest BCUT2D eigenvalue weighted by atomic mass is 16.5. The van der Waals surface area contributed by atoms with Crippen LogP contribution in [-0.4, -0.2) is 64.1 Å². The third-order valence-corrected chi connectivity index (χ3v) is 5.10. The van der Waals surface area contributed by atoms with Crippen molar-refractivity contribution in [2.45, 2.75) is 25.4 Å². The minimum absolute atomic E-state index is 0.406. The molecule has 2 atom stereocenters. The zero-order chi connectivity index (χ0) is 16.5. The molecule has 130 valence electrons. The van der Waals surface area contributed by atoms with E-state index < -0.39 is 0 Å². The molecule has 0 N–H and O–H groups in total. The minimum Gasteiger partial charge on any atom is -0.383 e. The van der Waals surface area contributed by atoms with Crippen LogP contribution >= 0.6 is 0 Å². The number of piperidine rings is 1. The summed E-state index contributed by atoms with van der Waals surface area (Å²) in [5.74, 6) is 2.36. The SMILES string of the molecule is COCCn1c(-c2ccnn2C)nnc1N1CCC[C@@H]2COC[C@@H]21. The lowest BCUT2D eigenvalue weighted by molar-refractivity contribution is 0.183. The number of rotatable bonds is 5. The van der Waals surface area contributed by atoms with E-state index in [9.17, 15) is 0 Å². The lowest BCUT2D eigenvalue weighted by Gasteiger charge is -2.37. The average molecular weight is 332 g/mol. The van der Waals surface area contributed by atoms with Gasteiger partial charge in [0.2, 0.25) is 5.95 Å². The summed E-state index contributed by atoms with van der Waals surface area (Å²) in [7, 11) is 3.64. The van der Waals surface area contributed by atoms with Gasteiger partial charge in [-0.15, -0.1) is 10.2 Å². The quantitative estimate of drug-likeness (QED) is 0.812. The third kappa shape index (κ3) is 2.59. The van der Waals surface area contributed by atoms with Gasteiger partial charge in [0, 0.05) is 32.8 Å². The number of hydrogen-bond donors (Lipinski definition) is 0. The van der Waals surface area contributed by atoms with Crippen LogP contribution < -0.4 is 4.90 Å². The van der Waals surface area contributed by atoms with Gasteiger partial charge in [-0.25, -0.2) is 0 Å². The molecule has 0 amide bonds. The normalized spacial score (nSPS) is 23.7. The summed E-state index contributed by atoms with van der Waals surface area (Å²) in [6, 6.07) is 2.37. The maximum absolute atomic E-state index is 5.72. The fourth-order valence-electron chi connectivity index (χ4n) is 3.82. The highest BCUT2D eigenvalue weighted by Gasteiger charge is 2.38. The predicted molar refractivity (Wildman–Crippen MR) is 88.8 cm³/mol. The highest BCUT2D eigenvalue weighted by molar-refractivity contribution is 5.53. The van der Waals surface area contributed by atoms with E-state index in [-0.39, 0.29) is 0 Å². The van der Waals surface area contributed by atoms with Gasteiger partial charge in [0.25, 0.3) is 0 Å². The van der Waals surface area contributed by atoms with Gasteiger partial charge in [-0.3, -0.25) is 9.25 Å². The second kappa shape index (κ2) is 6.52. The molecule has 2 fully saturated rings. The first-order valence-corrected chi connectivity index (χ1v) is 8.54. The molecule has 0 spiro atoms. The molecule has 0 saturated carbocycles. The van der Waals surface area contributed by atoms with Crippen molar-refractivity contribution < 1.29 is 9.47 Å². The van der Waals surface area contributed by atoms with Crippen molar-refractivity contribution in [2.24, 2.45) is 13.0 Å². The van der Waals surface area contributed by atoms with Crippen molar-refractivity contribution >= 4 is 5.95 Å². The smallest absolute Gasteiger partial charge is 0.227 e. The zero-order valence-corrected chi connectivity index (χ0v) is 14.3. The zero-order valence-electron chi connectivity index (χ0n) is 14.3. The Balaban J connectivity index is 1.72. The van der Waals surface area contributed by atoms with E-state index in [1.807, 2.05) is 17.8 Å². The molecule has 0 radical (unpaired) electrons. The van der Waals surface area contributed by atoms with Crippen LogP contribution in [0.15, 0.2) is 12.3 Å². The Morgan fingerprint density at radius 3 is 3.04 bits per heavy atom.